The number of benzene rings is 2. The Bertz CT molecular complexity index is 834. The molecule has 3 aromatic rings. The SMILES string of the molecule is Cc1cccc(C)c1-c1ccc(NC(C)C)c(Nc2ccccc2)n1. The van der Waals surface area contributed by atoms with Crippen LogP contribution in [0.4, 0.5) is 17.2 Å². The zero-order chi connectivity index (χ0) is 17.8. The highest BCUT2D eigenvalue weighted by Gasteiger charge is 2.12. The molecule has 1 aromatic heterocycles. The Kier molecular flexibility index (Phi) is 5.03. The second-order valence-electron chi connectivity index (χ2n) is 6.65. The molecule has 0 saturated heterocycles. The summed E-state index contributed by atoms with van der Waals surface area (Å²) in [5, 5.41) is 6.93. The summed E-state index contributed by atoms with van der Waals surface area (Å²) in [5.74, 6) is 0.847. The van der Waals surface area contributed by atoms with Crippen molar-refractivity contribution in [1.82, 2.24) is 4.98 Å². The minimum absolute atomic E-state index is 0.337. The summed E-state index contributed by atoms with van der Waals surface area (Å²) in [5.41, 5.74) is 6.71. The van der Waals surface area contributed by atoms with Gasteiger partial charge in [0.1, 0.15) is 0 Å². The molecule has 0 atom stereocenters. The van der Waals surface area contributed by atoms with Gasteiger partial charge in [-0.15, -0.1) is 0 Å². The van der Waals surface area contributed by atoms with E-state index in [1.54, 1.807) is 0 Å². The van der Waals surface area contributed by atoms with Crippen LogP contribution >= 0.6 is 0 Å². The fourth-order valence-electron chi connectivity index (χ4n) is 3.00. The van der Waals surface area contributed by atoms with Crippen LogP contribution in [0.3, 0.4) is 0 Å². The van der Waals surface area contributed by atoms with Crippen LogP contribution in [0.2, 0.25) is 0 Å². The van der Waals surface area contributed by atoms with E-state index in [-0.39, 0.29) is 0 Å². The molecule has 1 heterocycles. The Hall–Kier alpha value is -2.81. The fourth-order valence-corrected chi connectivity index (χ4v) is 3.00. The predicted octanol–water partition coefficient (Wildman–Crippen LogP) is 5.93. The number of para-hydroxylation sites is 1. The standard InChI is InChI=1S/C22H25N3/c1-15(2)23-20-14-13-19(21-16(3)9-8-10-17(21)4)25-22(20)24-18-11-6-5-7-12-18/h5-15,23H,1-4H3,(H,24,25). The molecule has 2 N–H and O–H groups in total. The van der Waals surface area contributed by atoms with E-state index in [4.69, 9.17) is 4.98 Å². The van der Waals surface area contributed by atoms with Crippen molar-refractivity contribution in [3.05, 3.63) is 71.8 Å². The van der Waals surface area contributed by atoms with Crippen LogP contribution in [-0.4, -0.2) is 11.0 Å². The maximum absolute atomic E-state index is 4.94. The number of hydrogen-bond acceptors (Lipinski definition) is 3. The number of rotatable bonds is 5. The predicted molar refractivity (Wildman–Crippen MR) is 108 cm³/mol. The van der Waals surface area contributed by atoms with Gasteiger partial charge in [-0.1, -0.05) is 36.4 Å². The lowest BCUT2D eigenvalue weighted by molar-refractivity contribution is 0.898. The Balaban J connectivity index is 2.06. The molecule has 3 heteroatoms. The minimum atomic E-state index is 0.337. The van der Waals surface area contributed by atoms with Crippen molar-refractivity contribution in [2.75, 3.05) is 10.6 Å². The van der Waals surface area contributed by atoms with Gasteiger partial charge in [0.05, 0.1) is 11.4 Å². The van der Waals surface area contributed by atoms with Crippen LogP contribution in [0, 0.1) is 13.8 Å². The van der Waals surface area contributed by atoms with Gasteiger partial charge in [0.25, 0.3) is 0 Å². The molecule has 0 amide bonds. The maximum atomic E-state index is 4.94. The molecule has 3 nitrogen and oxygen atoms in total. The van der Waals surface area contributed by atoms with Crippen molar-refractivity contribution < 1.29 is 0 Å². The van der Waals surface area contributed by atoms with Crippen molar-refractivity contribution in [2.24, 2.45) is 0 Å². The van der Waals surface area contributed by atoms with Crippen molar-refractivity contribution in [2.45, 2.75) is 33.7 Å². The van der Waals surface area contributed by atoms with E-state index in [9.17, 15) is 0 Å². The lowest BCUT2D eigenvalue weighted by atomic mass is 9.99. The van der Waals surface area contributed by atoms with Gasteiger partial charge in [-0.2, -0.15) is 0 Å². The summed E-state index contributed by atoms with van der Waals surface area (Å²) < 4.78 is 0. The topological polar surface area (TPSA) is 37.0 Å². The molecule has 0 aliphatic carbocycles. The number of anilines is 3. The minimum Gasteiger partial charge on any atom is -0.380 e. The average molecular weight is 331 g/mol. The van der Waals surface area contributed by atoms with Gasteiger partial charge in [0.2, 0.25) is 0 Å². The van der Waals surface area contributed by atoms with Crippen molar-refractivity contribution in [3.63, 3.8) is 0 Å². The van der Waals surface area contributed by atoms with Gasteiger partial charge in [-0.3, -0.25) is 0 Å². The second-order valence-corrected chi connectivity index (χ2v) is 6.65. The molecule has 2 aromatic carbocycles. The third-order valence-corrected chi connectivity index (χ3v) is 4.11. The van der Waals surface area contributed by atoms with E-state index in [2.05, 4.69) is 68.7 Å². The number of pyridine rings is 1. The van der Waals surface area contributed by atoms with Crippen molar-refractivity contribution in [3.8, 4) is 11.3 Å². The first kappa shape index (κ1) is 17.0. The summed E-state index contributed by atoms with van der Waals surface area (Å²) in [6.45, 7) is 8.53. The van der Waals surface area contributed by atoms with Crippen LogP contribution in [0.15, 0.2) is 60.7 Å². The molecule has 0 aliphatic heterocycles. The highest BCUT2D eigenvalue weighted by Crippen LogP contribution is 2.31. The number of nitrogens with one attached hydrogen (secondary N) is 2. The van der Waals surface area contributed by atoms with Gasteiger partial charge in [-0.05, 0) is 63.1 Å². The lowest BCUT2D eigenvalue weighted by Gasteiger charge is -2.18. The van der Waals surface area contributed by atoms with Crippen LogP contribution in [0.5, 0.6) is 0 Å². The molecule has 25 heavy (non-hydrogen) atoms. The summed E-state index contributed by atoms with van der Waals surface area (Å²) in [6.07, 6.45) is 0. The number of hydrogen-bond donors (Lipinski definition) is 2. The quantitative estimate of drug-likeness (QED) is 0.608. The third kappa shape index (κ3) is 4.00. The highest BCUT2D eigenvalue weighted by atomic mass is 15.1. The Labute approximate surface area is 150 Å². The first-order valence-corrected chi connectivity index (χ1v) is 8.71. The van der Waals surface area contributed by atoms with E-state index < -0.39 is 0 Å². The summed E-state index contributed by atoms with van der Waals surface area (Å²) in [6, 6.07) is 21.0. The number of nitrogens with zero attached hydrogens (tertiary/aromatic N) is 1. The fraction of sp³-hybridized carbons (Fsp3) is 0.227. The molecule has 0 unspecified atom stereocenters. The molecular formula is C22H25N3. The monoisotopic (exact) mass is 331 g/mol. The van der Waals surface area contributed by atoms with Gasteiger partial charge in [-0.25, -0.2) is 4.98 Å². The van der Waals surface area contributed by atoms with Gasteiger partial charge >= 0.3 is 0 Å². The van der Waals surface area contributed by atoms with Crippen LogP contribution < -0.4 is 10.6 Å². The maximum Gasteiger partial charge on any atom is 0.154 e. The Morgan fingerprint density at radius 2 is 1.48 bits per heavy atom. The van der Waals surface area contributed by atoms with Crippen LogP contribution in [0.25, 0.3) is 11.3 Å². The Morgan fingerprint density at radius 3 is 2.12 bits per heavy atom. The molecule has 0 saturated carbocycles. The molecule has 128 valence electrons. The zero-order valence-electron chi connectivity index (χ0n) is 15.3. The number of aromatic nitrogens is 1. The van der Waals surface area contributed by atoms with E-state index in [1.165, 1.54) is 16.7 Å². The third-order valence-electron chi connectivity index (χ3n) is 4.11. The molecule has 0 spiro atoms. The largest absolute Gasteiger partial charge is 0.380 e. The van der Waals surface area contributed by atoms with Crippen molar-refractivity contribution in [1.29, 1.82) is 0 Å². The second kappa shape index (κ2) is 7.39. The van der Waals surface area contributed by atoms with Gasteiger partial charge < -0.3 is 10.6 Å². The van der Waals surface area contributed by atoms with Gasteiger partial charge in [0.15, 0.2) is 5.82 Å². The molecule has 0 fully saturated rings. The molecule has 0 bridgehead atoms. The number of aryl methyl sites for hydroxylation is 2. The summed E-state index contributed by atoms with van der Waals surface area (Å²) >= 11 is 0. The van der Waals surface area contributed by atoms with Crippen LogP contribution in [-0.2, 0) is 0 Å². The normalized spacial score (nSPS) is 10.8. The van der Waals surface area contributed by atoms with E-state index in [0.29, 0.717) is 6.04 Å². The first-order chi connectivity index (χ1) is 12.0. The highest BCUT2D eigenvalue weighted by molar-refractivity contribution is 5.76. The van der Waals surface area contributed by atoms with E-state index in [1.807, 2.05) is 30.3 Å². The van der Waals surface area contributed by atoms with Crippen LogP contribution in [0.1, 0.15) is 25.0 Å². The van der Waals surface area contributed by atoms with Gasteiger partial charge in [0, 0.05) is 17.3 Å². The lowest BCUT2D eigenvalue weighted by Crippen LogP contribution is -2.12. The van der Waals surface area contributed by atoms with Crippen molar-refractivity contribution >= 4 is 17.2 Å². The molecule has 0 aliphatic rings. The zero-order valence-corrected chi connectivity index (χ0v) is 15.3. The molecule has 3 rings (SSSR count). The summed E-state index contributed by atoms with van der Waals surface area (Å²) in [7, 11) is 0. The first-order valence-electron chi connectivity index (χ1n) is 8.71. The molecular weight excluding hydrogens is 306 g/mol. The average Bonchev–Trinajstić information content (AvgIpc) is 2.57. The Morgan fingerprint density at radius 1 is 0.800 bits per heavy atom. The molecule has 0 radical (unpaired) electrons. The van der Waals surface area contributed by atoms with E-state index in [0.717, 1.165) is 22.9 Å². The smallest absolute Gasteiger partial charge is 0.154 e. The summed E-state index contributed by atoms with van der Waals surface area (Å²) in [4.78, 5) is 4.94. The van der Waals surface area contributed by atoms with E-state index >= 15 is 0 Å².